The van der Waals surface area contributed by atoms with Crippen molar-refractivity contribution in [2.45, 2.75) is 20.3 Å². The highest BCUT2D eigenvalue weighted by Crippen LogP contribution is 2.34. The van der Waals surface area contributed by atoms with Gasteiger partial charge in [-0.1, -0.05) is 46.0 Å². The standard InChI is InChI=1S/C17H13Cl3N2O2/c1-8-3-9(2)16-13(22-24-14(16)4-8)7-15(23)21-17-11(19)5-10(18)6-12(17)20/h3-6H,7H2,1-2H3,(H,21,23). The van der Waals surface area contributed by atoms with Crippen molar-refractivity contribution in [3.8, 4) is 0 Å². The van der Waals surface area contributed by atoms with Crippen molar-refractivity contribution in [1.82, 2.24) is 5.16 Å². The zero-order valence-electron chi connectivity index (χ0n) is 12.9. The second-order valence-electron chi connectivity index (χ2n) is 5.55. The lowest BCUT2D eigenvalue weighted by atomic mass is 10.0. The van der Waals surface area contributed by atoms with Crippen LogP contribution in [-0.4, -0.2) is 11.1 Å². The molecule has 1 aromatic heterocycles. The van der Waals surface area contributed by atoms with Crippen molar-refractivity contribution in [2.75, 3.05) is 5.32 Å². The molecule has 0 unspecified atom stereocenters. The third-order valence-electron chi connectivity index (χ3n) is 3.59. The number of carbonyl (C=O) groups excluding carboxylic acids is 1. The normalized spacial score (nSPS) is 11.0. The molecule has 4 nitrogen and oxygen atoms in total. The van der Waals surface area contributed by atoms with Crippen LogP contribution in [0, 0.1) is 13.8 Å². The van der Waals surface area contributed by atoms with Gasteiger partial charge in [-0.25, -0.2) is 0 Å². The lowest BCUT2D eigenvalue weighted by molar-refractivity contribution is -0.115. The molecule has 7 heteroatoms. The van der Waals surface area contributed by atoms with Crippen LogP contribution in [0.3, 0.4) is 0 Å². The molecule has 3 rings (SSSR count). The summed E-state index contributed by atoms with van der Waals surface area (Å²) in [4.78, 5) is 12.3. The summed E-state index contributed by atoms with van der Waals surface area (Å²) in [7, 11) is 0. The molecule has 0 spiro atoms. The highest BCUT2D eigenvalue weighted by Gasteiger charge is 2.17. The Labute approximate surface area is 153 Å². The fourth-order valence-electron chi connectivity index (χ4n) is 2.64. The number of halogens is 3. The van der Waals surface area contributed by atoms with Crippen LogP contribution in [-0.2, 0) is 11.2 Å². The van der Waals surface area contributed by atoms with Gasteiger partial charge in [0.05, 0.1) is 22.2 Å². The van der Waals surface area contributed by atoms with E-state index in [-0.39, 0.29) is 22.4 Å². The number of rotatable bonds is 3. The first-order chi connectivity index (χ1) is 11.3. The van der Waals surface area contributed by atoms with E-state index in [1.165, 1.54) is 12.1 Å². The van der Waals surface area contributed by atoms with Crippen molar-refractivity contribution < 1.29 is 9.32 Å². The number of benzene rings is 2. The third-order valence-corrected chi connectivity index (χ3v) is 4.40. The van der Waals surface area contributed by atoms with E-state index in [9.17, 15) is 4.79 Å². The Morgan fingerprint density at radius 3 is 2.46 bits per heavy atom. The number of aromatic nitrogens is 1. The molecule has 0 aliphatic rings. The van der Waals surface area contributed by atoms with Crippen molar-refractivity contribution in [3.05, 3.63) is 56.2 Å². The van der Waals surface area contributed by atoms with Crippen LogP contribution in [0.15, 0.2) is 28.8 Å². The van der Waals surface area contributed by atoms with E-state index >= 15 is 0 Å². The summed E-state index contributed by atoms with van der Waals surface area (Å²) in [6.45, 7) is 3.94. The number of anilines is 1. The van der Waals surface area contributed by atoms with Crippen molar-refractivity contribution in [3.63, 3.8) is 0 Å². The molecule has 2 aromatic carbocycles. The Hall–Kier alpha value is -1.75. The van der Waals surface area contributed by atoms with Gasteiger partial charge >= 0.3 is 0 Å². The van der Waals surface area contributed by atoms with E-state index in [1.54, 1.807) is 0 Å². The Kier molecular flexibility index (Phi) is 4.72. The number of fused-ring (bicyclic) bond motifs is 1. The predicted molar refractivity (Wildman–Crippen MR) is 97.3 cm³/mol. The van der Waals surface area contributed by atoms with E-state index in [1.807, 2.05) is 26.0 Å². The summed E-state index contributed by atoms with van der Waals surface area (Å²) >= 11 is 18.0. The Morgan fingerprint density at radius 1 is 1.12 bits per heavy atom. The SMILES string of the molecule is Cc1cc(C)c2c(CC(=O)Nc3c(Cl)cc(Cl)cc3Cl)noc2c1. The second kappa shape index (κ2) is 6.63. The minimum absolute atomic E-state index is 0.0478. The van der Waals surface area contributed by atoms with E-state index < -0.39 is 0 Å². The highest BCUT2D eigenvalue weighted by atomic mass is 35.5. The molecule has 24 heavy (non-hydrogen) atoms. The Morgan fingerprint density at radius 2 is 1.79 bits per heavy atom. The molecule has 1 N–H and O–H groups in total. The van der Waals surface area contributed by atoms with E-state index in [0.29, 0.717) is 22.0 Å². The number of amides is 1. The highest BCUT2D eigenvalue weighted by molar-refractivity contribution is 6.42. The van der Waals surface area contributed by atoms with E-state index in [0.717, 1.165) is 16.5 Å². The molecule has 0 bridgehead atoms. The quantitative estimate of drug-likeness (QED) is 0.641. The molecule has 124 valence electrons. The summed E-state index contributed by atoms with van der Waals surface area (Å²) in [6.07, 6.45) is 0.0478. The van der Waals surface area contributed by atoms with Crippen LogP contribution in [0.2, 0.25) is 15.1 Å². The minimum atomic E-state index is -0.295. The van der Waals surface area contributed by atoms with Crippen LogP contribution in [0.1, 0.15) is 16.8 Å². The van der Waals surface area contributed by atoms with Gasteiger partial charge in [0.1, 0.15) is 5.69 Å². The molecular weight excluding hydrogens is 371 g/mol. The molecule has 0 atom stereocenters. The predicted octanol–water partition coefficient (Wildman–Crippen LogP) is 5.59. The summed E-state index contributed by atoms with van der Waals surface area (Å²) in [6, 6.07) is 6.95. The van der Waals surface area contributed by atoms with Crippen molar-refractivity contribution >= 4 is 57.4 Å². The molecule has 0 aliphatic heterocycles. The third kappa shape index (κ3) is 3.36. The molecular formula is C17H13Cl3N2O2. The summed E-state index contributed by atoms with van der Waals surface area (Å²) in [5.74, 6) is -0.295. The summed E-state index contributed by atoms with van der Waals surface area (Å²) in [5.41, 5.74) is 3.65. The van der Waals surface area contributed by atoms with Crippen molar-refractivity contribution in [1.29, 1.82) is 0 Å². The fourth-order valence-corrected chi connectivity index (χ4v) is 3.55. The van der Waals surface area contributed by atoms with Crippen LogP contribution in [0.25, 0.3) is 11.0 Å². The van der Waals surface area contributed by atoms with Gasteiger partial charge in [0, 0.05) is 10.4 Å². The maximum absolute atomic E-state index is 12.3. The summed E-state index contributed by atoms with van der Waals surface area (Å²) in [5, 5.41) is 8.51. The zero-order chi connectivity index (χ0) is 17.4. The van der Waals surface area contributed by atoms with Crippen LogP contribution in [0.4, 0.5) is 5.69 Å². The van der Waals surface area contributed by atoms with Crippen molar-refractivity contribution in [2.24, 2.45) is 0 Å². The number of carbonyl (C=O) groups is 1. The lowest BCUT2D eigenvalue weighted by Crippen LogP contribution is -2.15. The zero-order valence-corrected chi connectivity index (χ0v) is 15.2. The van der Waals surface area contributed by atoms with Crippen LogP contribution < -0.4 is 5.32 Å². The van der Waals surface area contributed by atoms with Gasteiger partial charge in [-0.05, 0) is 43.2 Å². The average Bonchev–Trinajstić information content (AvgIpc) is 2.85. The second-order valence-corrected chi connectivity index (χ2v) is 6.80. The first kappa shape index (κ1) is 17.1. The van der Waals surface area contributed by atoms with Gasteiger partial charge in [0.25, 0.3) is 0 Å². The fraction of sp³-hybridized carbons (Fsp3) is 0.176. The Balaban J connectivity index is 1.86. The maximum Gasteiger partial charge on any atom is 0.230 e. The van der Waals surface area contributed by atoms with Gasteiger partial charge in [0.2, 0.25) is 5.91 Å². The molecule has 0 saturated heterocycles. The molecule has 1 heterocycles. The van der Waals surface area contributed by atoms with E-state index in [4.69, 9.17) is 39.3 Å². The summed E-state index contributed by atoms with van der Waals surface area (Å²) < 4.78 is 5.33. The number of aryl methyl sites for hydroxylation is 2. The van der Waals surface area contributed by atoms with Gasteiger partial charge in [-0.3, -0.25) is 4.79 Å². The smallest absolute Gasteiger partial charge is 0.230 e. The lowest BCUT2D eigenvalue weighted by Gasteiger charge is -2.09. The van der Waals surface area contributed by atoms with Crippen LogP contribution in [0.5, 0.6) is 0 Å². The number of hydrogen-bond acceptors (Lipinski definition) is 3. The van der Waals surface area contributed by atoms with Gasteiger partial charge in [-0.2, -0.15) is 0 Å². The van der Waals surface area contributed by atoms with Gasteiger partial charge in [0.15, 0.2) is 5.58 Å². The first-order valence-electron chi connectivity index (χ1n) is 7.15. The first-order valence-corrected chi connectivity index (χ1v) is 8.28. The average molecular weight is 384 g/mol. The minimum Gasteiger partial charge on any atom is -0.356 e. The van der Waals surface area contributed by atoms with Gasteiger partial charge in [-0.15, -0.1) is 0 Å². The molecule has 0 fully saturated rings. The molecule has 0 saturated carbocycles. The maximum atomic E-state index is 12.3. The van der Waals surface area contributed by atoms with Crippen LogP contribution >= 0.6 is 34.8 Å². The molecule has 1 amide bonds. The molecule has 0 aliphatic carbocycles. The number of hydrogen-bond donors (Lipinski definition) is 1. The van der Waals surface area contributed by atoms with Gasteiger partial charge < -0.3 is 9.84 Å². The van der Waals surface area contributed by atoms with E-state index in [2.05, 4.69) is 10.5 Å². The molecule has 3 aromatic rings. The largest absolute Gasteiger partial charge is 0.356 e. The monoisotopic (exact) mass is 382 g/mol. The topological polar surface area (TPSA) is 55.1 Å². The number of nitrogens with zero attached hydrogens (tertiary/aromatic N) is 1. The molecule has 0 radical (unpaired) electrons. The Bertz CT molecular complexity index is 927. The number of nitrogens with one attached hydrogen (secondary N) is 1.